The molecule has 16 heavy (non-hydrogen) atoms. The molecule has 0 atom stereocenters. The second-order valence-electron chi connectivity index (χ2n) is 4.41. The molecule has 0 unspecified atom stereocenters. The van der Waals surface area contributed by atoms with Gasteiger partial charge in [-0.05, 0) is 25.0 Å². The van der Waals surface area contributed by atoms with Crippen molar-refractivity contribution in [3.05, 3.63) is 17.1 Å². The van der Waals surface area contributed by atoms with E-state index >= 15 is 0 Å². The molecule has 0 fully saturated rings. The zero-order valence-electron chi connectivity index (χ0n) is 9.87. The lowest BCUT2D eigenvalue weighted by atomic mass is 10.2. The number of aryl methyl sites for hydroxylation is 1. The third-order valence-electron chi connectivity index (χ3n) is 2.37. The van der Waals surface area contributed by atoms with Crippen molar-refractivity contribution >= 4 is 32.9 Å². The Labute approximate surface area is 99.7 Å². The predicted molar refractivity (Wildman–Crippen MR) is 72.1 cm³/mol. The average Bonchev–Trinajstić information content (AvgIpc) is 2.53. The molecule has 0 saturated carbocycles. The molecule has 0 aliphatic heterocycles. The first kappa shape index (κ1) is 11.2. The van der Waals surface area contributed by atoms with Crippen molar-refractivity contribution in [2.45, 2.75) is 20.8 Å². The van der Waals surface area contributed by atoms with Crippen LogP contribution in [0.1, 0.15) is 18.9 Å². The van der Waals surface area contributed by atoms with Crippen LogP contribution in [0.15, 0.2) is 12.1 Å². The van der Waals surface area contributed by atoms with E-state index in [9.17, 15) is 0 Å². The highest BCUT2D eigenvalue weighted by Gasteiger charge is 2.06. The fraction of sp³-hybridized carbons (Fsp3) is 0.417. The number of hydrogen-bond acceptors (Lipinski definition) is 4. The summed E-state index contributed by atoms with van der Waals surface area (Å²) < 4.78 is 1.16. The molecular formula is C12H17N3S. The molecule has 4 heteroatoms. The normalized spacial score (nSPS) is 11.2. The molecule has 86 valence electrons. The fourth-order valence-corrected chi connectivity index (χ4v) is 2.43. The molecule has 0 radical (unpaired) electrons. The molecule has 0 spiro atoms. The quantitative estimate of drug-likeness (QED) is 0.803. The van der Waals surface area contributed by atoms with Gasteiger partial charge in [-0.3, -0.25) is 0 Å². The van der Waals surface area contributed by atoms with Crippen molar-refractivity contribution in [2.24, 2.45) is 5.92 Å². The number of nitrogens with one attached hydrogen (secondary N) is 1. The van der Waals surface area contributed by atoms with Crippen LogP contribution in [0.3, 0.4) is 0 Å². The van der Waals surface area contributed by atoms with Crippen LogP contribution in [0, 0.1) is 12.8 Å². The number of fused-ring (bicyclic) bond motifs is 1. The second kappa shape index (κ2) is 4.29. The Morgan fingerprint density at radius 2 is 2.19 bits per heavy atom. The minimum atomic E-state index is 0.604. The molecule has 0 aliphatic rings. The van der Waals surface area contributed by atoms with Crippen LogP contribution in [-0.4, -0.2) is 11.5 Å². The van der Waals surface area contributed by atoms with Crippen LogP contribution >= 0.6 is 11.3 Å². The van der Waals surface area contributed by atoms with Crippen molar-refractivity contribution in [1.29, 1.82) is 0 Å². The number of thiazole rings is 1. The fourth-order valence-electron chi connectivity index (χ4n) is 1.57. The number of nitrogens with two attached hydrogens (primary N) is 1. The molecule has 0 bridgehead atoms. The Morgan fingerprint density at radius 3 is 2.88 bits per heavy atom. The summed E-state index contributed by atoms with van der Waals surface area (Å²) in [7, 11) is 0. The predicted octanol–water partition coefficient (Wildman–Crippen LogP) is 3.25. The first-order chi connectivity index (χ1) is 7.56. The van der Waals surface area contributed by atoms with Crippen molar-refractivity contribution in [1.82, 2.24) is 4.98 Å². The van der Waals surface area contributed by atoms with Crippen LogP contribution in [-0.2, 0) is 0 Å². The van der Waals surface area contributed by atoms with Crippen molar-refractivity contribution in [2.75, 3.05) is 17.6 Å². The molecular weight excluding hydrogens is 218 g/mol. The first-order valence-corrected chi connectivity index (χ1v) is 6.28. The van der Waals surface area contributed by atoms with E-state index in [0.29, 0.717) is 5.92 Å². The monoisotopic (exact) mass is 235 g/mol. The molecule has 2 aromatic rings. The number of nitrogen functional groups attached to an aromatic ring is 1. The largest absolute Gasteiger partial charge is 0.397 e. The third kappa shape index (κ3) is 2.27. The summed E-state index contributed by atoms with van der Waals surface area (Å²) in [6.45, 7) is 7.30. The zero-order chi connectivity index (χ0) is 11.7. The summed E-state index contributed by atoms with van der Waals surface area (Å²) in [5.74, 6) is 0.604. The van der Waals surface area contributed by atoms with Gasteiger partial charge >= 0.3 is 0 Å². The Morgan fingerprint density at radius 1 is 1.44 bits per heavy atom. The van der Waals surface area contributed by atoms with Crippen molar-refractivity contribution < 1.29 is 0 Å². The summed E-state index contributed by atoms with van der Waals surface area (Å²) in [6, 6.07) is 4.04. The van der Waals surface area contributed by atoms with E-state index in [1.165, 1.54) is 0 Å². The summed E-state index contributed by atoms with van der Waals surface area (Å²) >= 11 is 1.68. The van der Waals surface area contributed by atoms with Gasteiger partial charge in [-0.15, -0.1) is 11.3 Å². The first-order valence-electron chi connectivity index (χ1n) is 5.47. The van der Waals surface area contributed by atoms with Gasteiger partial charge in [0.05, 0.1) is 26.6 Å². The molecule has 1 heterocycles. The highest BCUT2D eigenvalue weighted by Crippen LogP contribution is 2.29. The number of aromatic nitrogens is 1. The standard InChI is InChI=1S/C12H17N3S/c1-7(2)6-14-10-5-11-12(4-9(10)13)16-8(3)15-11/h4-5,7,14H,6,13H2,1-3H3. The minimum absolute atomic E-state index is 0.604. The van der Waals surface area contributed by atoms with E-state index in [-0.39, 0.29) is 0 Å². The maximum atomic E-state index is 6.00. The number of anilines is 2. The molecule has 3 nitrogen and oxygen atoms in total. The number of rotatable bonds is 3. The van der Waals surface area contributed by atoms with E-state index < -0.39 is 0 Å². The van der Waals surface area contributed by atoms with Crippen LogP contribution in [0.5, 0.6) is 0 Å². The summed E-state index contributed by atoms with van der Waals surface area (Å²) in [5.41, 5.74) is 8.82. The van der Waals surface area contributed by atoms with Crippen molar-refractivity contribution in [3.63, 3.8) is 0 Å². The Bertz CT molecular complexity index is 502. The zero-order valence-corrected chi connectivity index (χ0v) is 10.7. The molecule has 2 rings (SSSR count). The van der Waals surface area contributed by atoms with Crippen LogP contribution in [0.2, 0.25) is 0 Å². The van der Waals surface area contributed by atoms with Gasteiger partial charge in [0.25, 0.3) is 0 Å². The highest BCUT2D eigenvalue weighted by molar-refractivity contribution is 7.18. The van der Waals surface area contributed by atoms with E-state index in [1.54, 1.807) is 11.3 Å². The number of hydrogen-bond donors (Lipinski definition) is 2. The average molecular weight is 235 g/mol. The Hall–Kier alpha value is -1.29. The van der Waals surface area contributed by atoms with E-state index in [1.807, 2.05) is 19.1 Å². The van der Waals surface area contributed by atoms with E-state index in [4.69, 9.17) is 5.73 Å². The summed E-state index contributed by atoms with van der Waals surface area (Å²) in [4.78, 5) is 4.46. The molecule has 0 saturated heterocycles. The molecule has 0 amide bonds. The van der Waals surface area contributed by atoms with Gasteiger partial charge in [0.1, 0.15) is 0 Å². The summed E-state index contributed by atoms with van der Waals surface area (Å²) in [5, 5.41) is 4.43. The van der Waals surface area contributed by atoms with E-state index in [2.05, 4.69) is 24.1 Å². The second-order valence-corrected chi connectivity index (χ2v) is 5.65. The Kier molecular flexibility index (Phi) is 3.01. The summed E-state index contributed by atoms with van der Waals surface area (Å²) in [6.07, 6.45) is 0. The van der Waals surface area contributed by atoms with Gasteiger partial charge in [-0.1, -0.05) is 13.8 Å². The van der Waals surface area contributed by atoms with Crippen LogP contribution in [0.25, 0.3) is 10.2 Å². The van der Waals surface area contributed by atoms with Gasteiger partial charge in [-0.2, -0.15) is 0 Å². The van der Waals surface area contributed by atoms with Gasteiger partial charge in [0.2, 0.25) is 0 Å². The van der Waals surface area contributed by atoms with Crippen LogP contribution in [0.4, 0.5) is 11.4 Å². The van der Waals surface area contributed by atoms with Gasteiger partial charge in [-0.25, -0.2) is 4.98 Å². The molecule has 0 aliphatic carbocycles. The van der Waals surface area contributed by atoms with Gasteiger partial charge in [0, 0.05) is 6.54 Å². The lowest BCUT2D eigenvalue weighted by Gasteiger charge is -2.11. The van der Waals surface area contributed by atoms with E-state index in [0.717, 1.165) is 33.1 Å². The lowest BCUT2D eigenvalue weighted by molar-refractivity contribution is 0.689. The highest BCUT2D eigenvalue weighted by atomic mass is 32.1. The minimum Gasteiger partial charge on any atom is -0.397 e. The molecule has 3 N–H and O–H groups in total. The SMILES string of the molecule is Cc1nc2cc(NCC(C)C)c(N)cc2s1. The van der Waals surface area contributed by atoms with Crippen LogP contribution < -0.4 is 11.1 Å². The molecule has 1 aromatic heterocycles. The maximum absolute atomic E-state index is 6.00. The van der Waals surface area contributed by atoms with Gasteiger partial charge in [0.15, 0.2) is 0 Å². The smallest absolute Gasteiger partial charge is 0.0907 e. The topological polar surface area (TPSA) is 50.9 Å². The number of nitrogens with zero attached hydrogens (tertiary/aromatic N) is 1. The molecule has 1 aromatic carbocycles. The number of benzene rings is 1. The Balaban J connectivity index is 2.34. The lowest BCUT2D eigenvalue weighted by Crippen LogP contribution is -2.09. The van der Waals surface area contributed by atoms with Gasteiger partial charge < -0.3 is 11.1 Å². The van der Waals surface area contributed by atoms with Crippen molar-refractivity contribution in [3.8, 4) is 0 Å². The maximum Gasteiger partial charge on any atom is 0.0907 e. The third-order valence-corrected chi connectivity index (χ3v) is 3.30.